The van der Waals surface area contributed by atoms with Crippen molar-refractivity contribution >= 4 is 22.5 Å². The van der Waals surface area contributed by atoms with Crippen LogP contribution in [0.1, 0.15) is 5.56 Å². The first-order valence-electron chi connectivity index (χ1n) is 5.73. The Kier molecular flexibility index (Phi) is 2.73. The van der Waals surface area contributed by atoms with Crippen LogP contribution in [-0.2, 0) is 0 Å². The number of fused-ring (bicyclic) bond motifs is 1. The Bertz CT molecular complexity index is 708. The van der Waals surface area contributed by atoms with Crippen LogP contribution in [0.5, 0.6) is 0 Å². The molecule has 0 aliphatic heterocycles. The van der Waals surface area contributed by atoms with E-state index in [1.54, 1.807) is 6.20 Å². The van der Waals surface area contributed by atoms with Crippen molar-refractivity contribution in [2.24, 2.45) is 0 Å². The minimum absolute atomic E-state index is 0.671. The van der Waals surface area contributed by atoms with Gasteiger partial charge >= 0.3 is 0 Å². The third-order valence-corrected chi connectivity index (χ3v) is 3.20. The average Bonchev–Trinajstić information content (AvgIpc) is 2.39. The van der Waals surface area contributed by atoms with Crippen LogP contribution in [0.3, 0.4) is 0 Å². The van der Waals surface area contributed by atoms with Crippen molar-refractivity contribution in [3.8, 4) is 11.4 Å². The summed E-state index contributed by atoms with van der Waals surface area (Å²) in [6.07, 6.45) is 1.77. The number of pyridine rings is 2. The van der Waals surface area contributed by atoms with E-state index in [2.05, 4.69) is 16.0 Å². The molecular formula is C15H11ClN2. The van der Waals surface area contributed by atoms with Crippen LogP contribution in [0.2, 0.25) is 5.02 Å². The number of para-hydroxylation sites is 1. The van der Waals surface area contributed by atoms with Crippen LogP contribution in [0.25, 0.3) is 22.3 Å². The molecule has 0 saturated heterocycles. The van der Waals surface area contributed by atoms with Crippen molar-refractivity contribution < 1.29 is 0 Å². The molecule has 0 unspecified atom stereocenters. The number of benzene rings is 1. The van der Waals surface area contributed by atoms with E-state index < -0.39 is 0 Å². The molecule has 0 aliphatic rings. The van der Waals surface area contributed by atoms with Crippen molar-refractivity contribution in [3.63, 3.8) is 0 Å². The predicted molar refractivity (Wildman–Crippen MR) is 74.7 cm³/mol. The Morgan fingerprint density at radius 1 is 1.06 bits per heavy atom. The number of halogens is 1. The Labute approximate surface area is 110 Å². The summed E-state index contributed by atoms with van der Waals surface area (Å²) in [4.78, 5) is 8.99. The third kappa shape index (κ3) is 1.85. The lowest BCUT2D eigenvalue weighted by Crippen LogP contribution is -1.92. The quantitative estimate of drug-likeness (QED) is 0.648. The minimum atomic E-state index is 0.671. The van der Waals surface area contributed by atoms with Gasteiger partial charge in [-0.25, -0.2) is 4.98 Å². The maximum Gasteiger partial charge on any atom is 0.0923 e. The first kappa shape index (κ1) is 11.2. The summed E-state index contributed by atoms with van der Waals surface area (Å²) in [7, 11) is 0. The summed E-state index contributed by atoms with van der Waals surface area (Å²) in [6, 6.07) is 13.7. The van der Waals surface area contributed by atoms with E-state index in [4.69, 9.17) is 11.6 Å². The molecule has 0 spiro atoms. The molecule has 3 aromatic rings. The molecule has 0 aliphatic carbocycles. The molecule has 0 N–H and O–H groups in total. The lowest BCUT2D eigenvalue weighted by Gasteiger charge is -2.07. The van der Waals surface area contributed by atoms with E-state index >= 15 is 0 Å². The highest BCUT2D eigenvalue weighted by atomic mass is 35.5. The zero-order chi connectivity index (χ0) is 12.5. The van der Waals surface area contributed by atoms with Gasteiger partial charge in [0.25, 0.3) is 0 Å². The third-order valence-electron chi connectivity index (χ3n) is 2.89. The van der Waals surface area contributed by atoms with Crippen molar-refractivity contribution in [1.29, 1.82) is 0 Å². The molecule has 1 aromatic carbocycles. The van der Waals surface area contributed by atoms with Gasteiger partial charge in [-0.3, -0.25) is 4.98 Å². The van der Waals surface area contributed by atoms with Gasteiger partial charge in [0.05, 0.1) is 21.9 Å². The molecular weight excluding hydrogens is 244 g/mol. The number of rotatable bonds is 1. The van der Waals surface area contributed by atoms with Gasteiger partial charge in [-0.2, -0.15) is 0 Å². The van der Waals surface area contributed by atoms with Crippen molar-refractivity contribution in [3.05, 3.63) is 59.2 Å². The van der Waals surface area contributed by atoms with Crippen LogP contribution in [-0.4, -0.2) is 9.97 Å². The summed E-state index contributed by atoms with van der Waals surface area (Å²) in [5.74, 6) is 0. The molecule has 0 fully saturated rings. The summed E-state index contributed by atoms with van der Waals surface area (Å²) in [5, 5.41) is 1.73. The largest absolute Gasteiger partial charge is 0.255 e. The van der Waals surface area contributed by atoms with Crippen LogP contribution < -0.4 is 0 Å². The van der Waals surface area contributed by atoms with Gasteiger partial charge in [-0.05, 0) is 36.8 Å². The first-order chi connectivity index (χ1) is 8.75. The molecule has 3 rings (SSSR count). The van der Waals surface area contributed by atoms with Crippen LogP contribution in [0.4, 0.5) is 0 Å². The fourth-order valence-corrected chi connectivity index (χ4v) is 2.25. The van der Waals surface area contributed by atoms with Crippen LogP contribution in [0.15, 0.2) is 48.7 Å². The van der Waals surface area contributed by atoms with E-state index in [1.165, 1.54) is 0 Å². The average molecular weight is 255 g/mol. The smallest absolute Gasteiger partial charge is 0.0923 e. The molecule has 0 radical (unpaired) electrons. The van der Waals surface area contributed by atoms with E-state index in [0.29, 0.717) is 5.02 Å². The molecule has 2 nitrogen and oxygen atoms in total. The molecule has 2 aromatic heterocycles. The molecule has 3 heteroatoms. The van der Waals surface area contributed by atoms with E-state index in [0.717, 1.165) is 27.9 Å². The fraction of sp³-hybridized carbons (Fsp3) is 0.0667. The normalized spacial score (nSPS) is 10.8. The SMILES string of the molecule is Cc1cc2cccc(Cl)c2nc1-c1ccccn1. The monoisotopic (exact) mass is 254 g/mol. The minimum Gasteiger partial charge on any atom is -0.255 e. The summed E-state index contributed by atoms with van der Waals surface area (Å²) in [5.41, 5.74) is 3.68. The standard InChI is InChI=1S/C15H11ClN2/c1-10-9-11-5-4-6-12(16)15(11)18-14(10)13-7-2-3-8-17-13/h2-9H,1H3. The number of aryl methyl sites for hydroxylation is 1. The topological polar surface area (TPSA) is 25.8 Å². The summed E-state index contributed by atoms with van der Waals surface area (Å²) >= 11 is 6.19. The summed E-state index contributed by atoms with van der Waals surface area (Å²) in [6.45, 7) is 2.04. The molecule has 18 heavy (non-hydrogen) atoms. The van der Waals surface area contributed by atoms with Gasteiger partial charge in [0.2, 0.25) is 0 Å². The number of hydrogen-bond acceptors (Lipinski definition) is 2. The zero-order valence-corrected chi connectivity index (χ0v) is 10.6. The molecule has 88 valence electrons. The predicted octanol–water partition coefficient (Wildman–Crippen LogP) is 4.26. The van der Waals surface area contributed by atoms with E-state index in [-0.39, 0.29) is 0 Å². The highest BCUT2D eigenvalue weighted by Gasteiger charge is 2.08. The molecule has 2 heterocycles. The maximum absolute atomic E-state index is 6.19. The second kappa shape index (κ2) is 4.39. The van der Waals surface area contributed by atoms with Gasteiger partial charge in [0.1, 0.15) is 0 Å². The lowest BCUT2D eigenvalue weighted by molar-refractivity contribution is 1.25. The highest BCUT2D eigenvalue weighted by molar-refractivity contribution is 6.35. The fourth-order valence-electron chi connectivity index (χ4n) is 2.03. The number of hydrogen-bond donors (Lipinski definition) is 0. The van der Waals surface area contributed by atoms with Crippen LogP contribution >= 0.6 is 11.6 Å². The van der Waals surface area contributed by atoms with Crippen LogP contribution in [0, 0.1) is 6.92 Å². The van der Waals surface area contributed by atoms with Gasteiger partial charge in [-0.1, -0.05) is 29.8 Å². The number of aromatic nitrogens is 2. The summed E-state index contributed by atoms with van der Waals surface area (Å²) < 4.78 is 0. The molecule has 0 bridgehead atoms. The second-order valence-corrected chi connectivity index (χ2v) is 4.59. The van der Waals surface area contributed by atoms with Crippen molar-refractivity contribution in [1.82, 2.24) is 9.97 Å². The molecule has 0 atom stereocenters. The van der Waals surface area contributed by atoms with E-state index in [9.17, 15) is 0 Å². The maximum atomic E-state index is 6.19. The Morgan fingerprint density at radius 3 is 2.72 bits per heavy atom. The van der Waals surface area contributed by atoms with Crippen molar-refractivity contribution in [2.75, 3.05) is 0 Å². The Hall–Kier alpha value is -1.93. The number of nitrogens with zero attached hydrogens (tertiary/aromatic N) is 2. The lowest BCUT2D eigenvalue weighted by atomic mass is 10.1. The zero-order valence-electron chi connectivity index (χ0n) is 9.89. The Morgan fingerprint density at radius 2 is 1.94 bits per heavy atom. The first-order valence-corrected chi connectivity index (χ1v) is 6.11. The molecule has 0 saturated carbocycles. The van der Waals surface area contributed by atoms with Crippen molar-refractivity contribution in [2.45, 2.75) is 6.92 Å². The van der Waals surface area contributed by atoms with Gasteiger partial charge in [0.15, 0.2) is 0 Å². The van der Waals surface area contributed by atoms with E-state index in [1.807, 2.05) is 43.3 Å². The molecule has 0 amide bonds. The Balaban J connectivity index is 2.31. The second-order valence-electron chi connectivity index (χ2n) is 4.18. The van der Waals surface area contributed by atoms with Gasteiger partial charge < -0.3 is 0 Å². The van der Waals surface area contributed by atoms with Gasteiger partial charge in [-0.15, -0.1) is 0 Å². The highest BCUT2D eigenvalue weighted by Crippen LogP contribution is 2.27. The van der Waals surface area contributed by atoms with Gasteiger partial charge in [0, 0.05) is 11.6 Å².